The Labute approximate surface area is 123 Å². The minimum Gasteiger partial charge on any atom is -0.356 e. The second-order valence-corrected chi connectivity index (χ2v) is 5.38. The van der Waals surface area contributed by atoms with Crippen molar-refractivity contribution in [2.75, 3.05) is 18.0 Å². The molecule has 2 heterocycles. The van der Waals surface area contributed by atoms with E-state index in [4.69, 9.17) is 16.9 Å². The van der Waals surface area contributed by atoms with Crippen molar-refractivity contribution in [2.45, 2.75) is 12.3 Å². The van der Waals surface area contributed by atoms with Crippen LogP contribution in [0.2, 0.25) is 5.15 Å². The molecule has 1 atom stereocenters. The van der Waals surface area contributed by atoms with E-state index in [0.717, 1.165) is 25.3 Å². The molecular formula is C16H14ClN3. The van der Waals surface area contributed by atoms with Gasteiger partial charge in [0.1, 0.15) is 11.0 Å². The second-order valence-electron chi connectivity index (χ2n) is 4.99. The molecule has 3 nitrogen and oxygen atoms in total. The molecule has 1 aromatic heterocycles. The smallest absolute Gasteiger partial charge is 0.132 e. The number of nitriles is 1. The topological polar surface area (TPSA) is 39.9 Å². The van der Waals surface area contributed by atoms with Gasteiger partial charge in [0.2, 0.25) is 0 Å². The van der Waals surface area contributed by atoms with Gasteiger partial charge >= 0.3 is 0 Å². The molecule has 1 saturated heterocycles. The molecule has 3 rings (SSSR count). The number of rotatable bonds is 2. The summed E-state index contributed by atoms with van der Waals surface area (Å²) in [5.41, 5.74) is 1.92. The summed E-state index contributed by atoms with van der Waals surface area (Å²) in [6, 6.07) is 16.0. The lowest BCUT2D eigenvalue weighted by molar-refractivity contribution is 0.774. The van der Waals surface area contributed by atoms with Crippen LogP contribution in [0.15, 0.2) is 42.5 Å². The normalized spacial score (nSPS) is 18.0. The molecule has 1 aliphatic rings. The minimum absolute atomic E-state index is 0.377. The molecule has 0 amide bonds. The average molecular weight is 284 g/mol. The maximum Gasteiger partial charge on any atom is 0.132 e. The van der Waals surface area contributed by atoms with E-state index >= 15 is 0 Å². The number of nitrogens with zero attached hydrogens (tertiary/aromatic N) is 3. The average Bonchev–Trinajstić information content (AvgIpc) is 2.97. The summed E-state index contributed by atoms with van der Waals surface area (Å²) < 4.78 is 0. The van der Waals surface area contributed by atoms with Gasteiger partial charge in [-0.25, -0.2) is 4.98 Å². The van der Waals surface area contributed by atoms with Gasteiger partial charge in [-0.05, 0) is 24.1 Å². The highest BCUT2D eigenvalue weighted by molar-refractivity contribution is 6.29. The molecule has 100 valence electrons. The summed E-state index contributed by atoms with van der Waals surface area (Å²) in [4.78, 5) is 6.53. The van der Waals surface area contributed by atoms with Gasteiger partial charge in [-0.1, -0.05) is 41.9 Å². The van der Waals surface area contributed by atoms with Crippen LogP contribution in [-0.4, -0.2) is 18.1 Å². The third-order valence-electron chi connectivity index (χ3n) is 3.69. The molecule has 0 radical (unpaired) electrons. The molecule has 1 aliphatic heterocycles. The zero-order chi connectivity index (χ0) is 13.9. The fraction of sp³-hybridized carbons (Fsp3) is 0.250. The molecule has 0 aliphatic carbocycles. The lowest BCUT2D eigenvalue weighted by Crippen LogP contribution is -2.20. The predicted molar refractivity (Wildman–Crippen MR) is 80.0 cm³/mol. The van der Waals surface area contributed by atoms with Gasteiger partial charge in [0.05, 0.1) is 11.6 Å². The van der Waals surface area contributed by atoms with Crippen molar-refractivity contribution in [1.82, 2.24) is 4.98 Å². The van der Waals surface area contributed by atoms with Gasteiger partial charge in [0.25, 0.3) is 0 Å². The molecule has 1 aromatic carbocycles. The van der Waals surface area contributed by atoms with Crippen molar-refractivity contribution in [1.29, 1.82) is 5.26 Å². The molecule has 0 bridgehead atoms. The lowest BCUT2D eigenvalue weighted by Gasteiger charge is -2.18. The molecule has 4 heteroatoms. The largest absolute Gasteiger partial charge is 0.356 e. The SMILES string of the molecule is N#Cc1cc(Cl)nc(N2CCC(c3ccccc3)C2)c1. The summed E-state index contributed by atoms with van der Waals surface area (Å²) in [5, 5.41) is 9.38. The van der Waals surface area contributed by atoms with E-state index in [1.54, 1.807) is 12.1 Å². The van der Waals surface area contributed by atoms with Crippen LogP contribution in [0.5, 0.6) is 0 Å². The van der Waals surface area contributed by atoms with E-state index in [2.05, 4.69) is 40.2 Å². The summed E-state index contributed by atoms with van der Waals surface area (Å²) in [6.07, 6.45) is 1.10. The van der Waals surface area contributed by atoms with Gasteiger partial charge in [0.15, 0.2) is 0 Å². The van der Waals surface area contributed by atoms with Gasteiger partial charge in [-0.2, -0.15) is 5.26 Å². The van der Waals surface area contributed by atoms with Gasteiger partial charge in [-0.3, -0.25) is 0 Å². The monoisotopic (exact) mass is 283 g/mol. The van der Waals surface area contributed by atoms with Crippen molar-refractivity contribution in [3.8, 4) is 6.07 Å². The number of hydrogen-bond acceptors (Lipinski definition) is 3. The second kappa shape index (κ2) is 5.52. The Balaban J connectivity index is 1.81. The lowest BCUT2D eigenvalue weighted by atomic mass is 9.99. The predicted octanol–water partition coefficient (Wildman–Crippen LogP) is 3.60. The first-order valence-electron chi connectivity index (χ1n) is 6.64. The Bertz CT molecular complexity index is 649. The van der Waals surface area contributed by atoms with Crippen LogP contribution in [0.3, 0.4) is 0 Å². The minimum atomic E-state index is 0.377. The zero-order valence-corrected chi connectivity index (χ0v) is 11.7. The number of anilines is 1. The molecular weight excluding hydrogens is 270 g/mol. The Morgan fingerprint density at radius 3 is 2.80 bits per heavy atom. The Kier molecular flexibility index (Phi) is 3.58. The molecule has 1 fully saturated rings. The van der Waals surface area contributed by atoms with Crippen LogP contribution in [0.1, 0.15) is 23.5 Å². The van der Waals surface area contributed by atoms with E-state index in [-0.39, 0.29) is 0 Å². The first-order valence-corrected chi connectivity index (χ1v) is 7.01. The van der Waals surface area contributed by atoms with Gasteiger partial charge < -0.3 is 4.90 Å². The van der Waals surface area contributed by atoms with E-state index in [1.165, 1.54) is 5.56 Å². The summed E-state index contributed by atoms with van der Waals surface area (Å²) in [5.74, 6) is 1.31. The van der Waals surface area contributed by atoms with Crippen LogP contribution in [0, 0.1) is 11.3 Å². The maximum absolute atomic E-state index is 9.00. The molecule has 20 heavy (non-hydrogen) atoms. The molecule has 0 saturated carbocycles. The molecule has 0 spiro atoms. The Hall–Kier alpha value is -2.05. The fourth-order valence-corrected chi connectivity index (χ4v) is 2.88. The number of halogens is 1. The van der Waals surface area contributed by atoms with Crippen LogP contribution in [0.25, 0.3) is 0 Å². The molecule has 2 aromatic rings. The van der Waals surface area contributed by atoms with Crippen molar-refractivity contribution < 1.29 is 0 Å². The quantitative estimate of drug-likeness (QED) is 0.791. The summed E-state index contributed by atoms with van der Waals surface area (Å²) in [6.45, 7) is 1.86. The first kappa shape index (κ1) is 13.0. The van der Waals surface area contributed by atoms with Crippen LogP contribution >= 0.6 is 11.6 Å². The van der Waals surface area contributed by atoms with Gasteiger partial charge in [-0.15, -0.1) is 0 Å². The highest BCUT2D eigenvalue weighted by Gasteiger charge is 2.25. The van der Waals surface area contributed by atoms with E-state index in [1.807, 2.05) is 6.07 Å². The number of pyridine rings is 1. The number of aromatic nitrogens is 1. The first-order chi connectivity index (χ1) is 9.76. The fourth-order valence-electron chi connectivity index (χ4n) is 2.68. The van der Waals surface area contributed by atoms with Crippen molar-refractivity contribution >= 4 is 17.4 Å². The van der Waals surface area contributed by atoms with Crippen LogP contribution in [0.4, 0.5) is 5.82 Å². The number of hydrogen-bond donors (Lipinski definition) is 0. The Morgan fingerprint density at radius 1 is 1.25 bits per heavy atom. The Morgan fingerprint density at radius 2 is 2.05 bits per heavy atom. The summed E-state index contributed by atoms with van der Waals surface area (Å²) >= 11 is 5.97. The number of benzene rings is 1. The van der Waals surface area contributed by atoms with Crippen LogP contribution < -0.4 is 4.90 Å². The van der Waals surface area contributed by atoms with E-state index in [0.29, 0.717) is 16.6 Å². The highest BCUT2D eigenvalue weighted by Crippen LogP contribution is 2.30. The van der Waals surface area contributed by atoms with Crippen molar-refractivity contribution in [2.24, 2.45) is 0 Å². The zero-order valence-electron chi connectivity index (χ0n) is 11.0. The van der Waals surface area contributed by atoms with Crippen molar-refractivity contribution in [3.05, 3.63) is 58.7 Å². The van der Waals surface area contributed by atoms with E-state index < -0.39 is 0 Å². The van der Waals surface area contributed by atoms with Gasteiger partial charge in [0, 0.05) is 19.0 Å². The molecule has 1 unspecified atom stereocenters. The summed E-state index contributed by atoms with van der Waals surface area (Å²) in [7, 11) is 0. The third kappa shape index (κ3) is 2.61. The van der Waals surface area contributed by atoms with Crippen molar-refractivity contribution in [3.63, 3.8) is 0 Å². The van der Waals surface area contributed by atoms with Crippen LogP contribution in [-0.2, 0) is 0 Å². The highest BCUT2D eigenvalue weighted by atomic mass is 35.5. The van der Waals surface area contributed by atoms with E-state index in [9.17, 15) is 0 Å². The standard InChI is InChI=1S/C16H14ClN3/c17-15-8-12(10-18)9-16(19-15)20-7-6-14(11-20)13-4-2-1-3-5-13/h1-5,8-9,14H,6-7,11H2. The third-order valence-corrected chi connectivity index (χ3v) is 3.89. The maximum atomic E-state index is 9.00. The molecule has 0 N–H and O–H groups in total.